The van der Waals surface area contributed by atoms with Gasteiger partial charge in [-0.3, -0.25) is 0 Å². The first kappa shape index (κ1) is 14.4. The van der Waals surface area contributed by atoms with E-state index in [0.717, 1.165) is 24.8 Å². The lowest BCUT2D eigenvalue weighted by molar-refractivity contribution is 0.254. The molecule has 0 saturated carbocycles. The van der Waals surface area contributed by atoms with Crippen LogP contribution in [0.1, 0.15) is 51.0 Å². The summed E-state index contributed by atoms with van der Waals surface area (Å²) >= 11 is 0. The number of hydrogen-bond donors (Lipinski definition) is 1. The van der Waals surface area contributed by atoms with Gasteiger partial charge in [0.2, 0.25) is 0 Å². The summed E-state index contributed by atoms with van der Waals surface area (Å²) in [5, 5.41) is 3.45. The zero-order valence-electron chi connectivity index (χ0n) is 12.3. The van der Waals surface area contributed by atoms with Crippen molar-refractivity contribution in [3.05, 3.63) is 29.8 Å². The minimum Gasteiger partial charge on any atom is -0.494 e. The summed E-state index contributed by atoms with van der Waals surface area (Å²) in [6, 6.07) is 8.62. The zero-order valence-corrected chi connectivity index (χ0v) is 12.3. The van der Waals surface area contributed by atoms with Crippen LogP contribution in [0.2, 0.25) is 0 Å². The van der Waals surface area contributed by atoms with Crippen molar-refractivity contribution in [2.75, 3.05) is 19.7 Å². The summed E-state index contributed by atoms with van der Waals surface area (Å²) in [6.45, 7) is 7.69. The molecule has 0 amide bonds. The van der Waals surface area contributed by atoms with Crippen LogP contribution in [0, 0.1) is 5.92 Å². The molecule has 2 heteroatoms. The number of hydrogen-bond acceptors (Lipinski definition) is 2. The van der Waals surface area contributed by atoms with E-state index in [1.54, 1.807) is 0 Å². The maximum atomic E-state index is 5.85. The molecule has 106 valence electrons. The van der Waals surface area contributed by atoms with Crippen LogP contribution in [0.25, 0.3) is 0 Å². The molecule has 1 aromatic rings. The number of benzene rings is 1. The molecule has 0 unspecified atom stereocenters. The van der Waals surface area contributed by atoms with Gasteiger partial charge in [-0.05, 0) is 68.3 Å². The van der Waals surface area contributed by atoms with Crippen LogP contribution in [-0.4, -0.2) is 19.7 Å². The minimum atomic E-state index is 0.641. The third kappa shape index (κ3) is 4.54. The number of ether oxygens (including phenoxy) is 1. The quantitative estimate of drug-likeness (QED) is 0.836. The van der Waals surface area contributed by atoms with E-state index in [-0.39, 0.29) is 0 Å². The van der Waals surface area contributed by atoms with Gasteiger partial charge in [-0.15, -0.1) is 0 Å². The van der Waals surface area contributed by atoms with E-state index in [4.69, 9.17) is 4.74 Å². The number of piperidine rings is 1. The molecule has 1 saturated heterocycles. The van der Waals surface area contributed by atoms with E-state index < -0.39 is 0 Å². The van der Waals surface area contributed by atoms with E-state index in [1.165, 1.54) is 37.8 Å². The molecule has 1 fully saturated rings. The minimum absolute atomic E-state index is 0.641. The molecule has 2 rings (SSSR count). The summed E-state index contributed by atoms with van der Waals surface area (Å²) in [7, 11) is 0. The van der Waals surface area contributed by atoms with Gasteiger partial charge in [0.1, 0.15) is 5.75 Å². The van der Waals surface area contributed by atoms with E-state index >= 15 is 0 Å². The third-order valence-electron chi connectivity index (χ3n) is 4.26. The fraction of sp³-hybridized carbons (Fsp3) is 0.647. The maximum absolute atomic E-state index is 5.85. The second kappa shape index (κ2) is 7.54. The highest BCUT2D eigenvalue weighted by Gasteiger charge is 2.12. The summed E-state index contributed by atoms with van der Waals surface area (Å²) < 4.78 is 5.85. The first-order chi connectivity index (χ1) is 9.29. The van der Waals surface area contributed by atoms with Crippen molar-refractivity contribution in [2.24, 2.45) is 5.92 Å². The Morgan fingerprint density at radius 3 is 2.74 bits per heavy atom. The largest absolute Gasteiger partial charge is 0.494 e. The first-order valence-electron chi connectivity index (χ1n) is 7.73. The van der Waals surface area contributed by atoms with E-state index in [2.05, 4.69) is 43.4 Å². The molecule has 0 bridgehead atoms. The molecule has 1 aliphatic heterocycles. The van der Waals surface area contributed by atoms with Crippen LogP contribution < -0.4 is 10.1 Å². The average molecular weight is 261 g/mol. The highest BCUT2D eigenvalue weighted by Crippen LogP contribution is 2.22. The Hall–Kier alpha value is -1.02. The summed E-state index contributed by atoms with van der Waals surface area (Å²) in [6.07, 6.45) is 5.02. The van der Waals surface area contributed by atoms with Gasteiger partial charge in [0.25, 0.3) is 0 Å². The van der Waals surface area contributed by atoms with E-state index in [1.807, 2.05) is 0 Å². The Morgan fingerprint density at radius 1 is 1.32 bits per heavy atom. The SMILES string of the molecule is CC[C@H](C)c1ccc(OCC[C@H]2CCCNC2)cc1. The fourth-order valence-corrected chi connectivity index (χ4v) is 2.64. The molecule has 0 spiro atoms. The summed E-state index contributed by atoms with van der Waals surface area (Å²) in [5.74, 6) is 2.45. The van der Waals surface area contributed by atoms with Crippen LogP contribution >= 0.6 is 0 Å². The Morgan fingerprint density at radius 2 is 2.11 bits per heavy atom. The van der Waals surface area contributed by atoms with Crippen LogP contribution in [0.15, 0.2) is 24.3 Å². The molecular formula is C17H27NO. The van der Waals surface area contributed by atoms with Gasteiger partial charge in [-0.2, -0.15) is 0 Å². The Bertz CT molecular complexity index is 354. The van der Waals surface area contributed by atoms with Gasteiger partial charge in [0, 0.05) is 0 Å². The third-order valence-corrected chi connectivity index (χ3v) is 4.26. The van der Waals surface area contributed by atoms with Gasteiger partial charge >= 0.3 is 0 Å². The normalized spacial score (nSPS) is 21.1. The van der Waals surface area contributed by atoms with Crippen LogP contribution in [0.5, 0.6) is 5.75 Å². The molecule has 1 aliphatic rings. The van der Waals surface area contributed by atoms with Crippen molar-refractivity contribution in [3.8, 4) is 5.75 Å². The van der Waals surface area contributed by atoms with Crippen molar-refractivity contribution in [1.82, 2.24) is 5.32 Å². The highest BCUT2D eigenvalue weighted by atomic mass is 16.5. The van der Waals surface area contributed by atoms with Crippen molar-refractivity contribution in [3.63, 3.8) is 0 Å². The monoisotopic (exact) mass is 261 g/mol. The molecule has 1 heterocycles. The molecule has 0 aliphatic carbocycles. The molecule has 2 atom stereocenters. The lowest BCUT2D eigenvalue weighted by Gasteiger charge is -2.22. The molecule has 19 heavy (non-hydrogen) atoms. The zero-order chi connectivity index (χ0) is 13.5. The van der Waals surface area contributed by atoms with E-state index in [9.17, 15) is 0 Å². The Kier molecular flexibility index (Phi) is 5.71. The average Bonchev–Trinajstić information content (AvgIpc) is 2.48. The summed E-state index contributed by atoms with van der Waals surface area (Å²) in [5.41, 5.74) is 1.41. The van der Waals surface area contributed by atoms with Gasteiger partial charge in [0.15, 0.2) is 0 Å². The number of rotatable bonds is 6. The van der Waals surface area contributed by atoms with Crippen molar-refractivity contribution >= 4 is 0 Å². The first-order valence-corrected chi connectivity index (χ1v) is 7.73. The summed E-state index contributed by atoms with van der Waals surface area (Å²) in [4.78, 5) is 0. The Balaban J connectivity index is 1.73. The van der Waals surface area contributed by atoms with Gasteiger partial charge in [0.05, 0.1) is 6.61 Å². The number of nitrogens with one attached hydrogen (secondary N) is 1. The predicted octanol–water partition coefficient (Wildman–Crippen LogP) is 3.97. The second-order valence-electron chi connectivity index (χ2n) is 5.73. The predicted molar refractivity (Wildman–Crippen MR) is 80.9 cm³/mol. The van der Waals surface area contributed by atoms with Crippen molar-refractivity contribution < 1.29 is 4.74 Å². The fourth-order valence-electron chi connectivity index (χ4n) is 2.64. The van der Waals surface area contributed by atoms with Crippen LogP contribution in [0.3, 0.4) is 0 Å². The van der Waals surface area contributed by atoms with E-state index in [0.29, 0.717) is 5.92 Å². The molecule has 0 aromatic heterocycles. The second-order valence-corrected chi connectivity index (χ2v) is 5.73. The van der Waals surface area contributed by atoms with Crippen molar-refractivity contribution in [1.29, 1.82) is 0 Å². The molecule has 0 radical (unpaired) electrons. The smallest absolute Gasteiger partial charge is 0.119 e. The molecule has 2 nitrogen and oxygen atoms in total. The highest BCUT2D eigenvalue weighted by molar-refractivity contribution is 5.29. The Labute approximate surface area is 117 Å². The maximum Gasteiger partial charge on any atom is 0.119 e. The standard InChI is InChI=1S/C17H27NO/c1-3-14(2)16-6-8-17(9-7-16)19-12-10-15-5-4-11-18-13-15/h6-9,14-15,18H,3-5,10-13H2,1-2H3/t14-,15+/m0/s1. The van der Waals surface area contributed by atoms with Crippen LogP contribution in [0.4, 0.5) is 0 Å². The van der Waals surface area contributed by atoms with Crippen molar-refractivity contribution in [2.45, 2.75) is 45.4 Å². The molecule has 1 aromatic carbocycles. The molecule has 1 N–H and O–H groups in total. The van der Waals surface area contributed by atoms with Gasteiger partial charge in [-0.25, -0.2) is 0 Å². The lowest BCUT2D eigenvalue weighted by atomic mass is 9.97. The van der Waals surface area contributed by atoms with Gasteiger partial charge < -0.3 is 10.1 Å². The molecular weight excluding hydrogens is 234 g/mol. The topological polar surface area (TPSA) is 21.3 Å². The lowest BCUT2D eigenvalue weighted by Crippen LogP contribution is -2.30. The van der Waals surface area contributed by atoms with Crippen LogP contribution in [-0.2, 0) is 0 Å². The van der Waals surface area contributed by atoms with Gasteiger partial charge in [-0.1, -0.05) is 26.0 Å².